The molecule has 0 bridgehead atoms. The molecule has 0 saturated carbocycles. The number of halogens is 4. The molecule has 0 radical (unpaired) electrons. The third-order valence-electron chi connectivity index (χ3n) is 6.32. The van der Waals surface area contributed by atoms with Gasteiger partial charge in [0.05, 0.1) is 35.0 Å². The van der Waals surface area contributed by atoms with Gasteiger partial charge in [-0.25, -0.2) is 4.98 Å². The lowest BCUT2D eigenvalue weighted by molar-refractivity contribution is -0.138. The van der Waals surface area contributed by atoms with Crippen molar-refractivity contribution in [1.29, 1.82) is 0 Å². The Balaban J connectivity index is 1.80. The highest BCUT2D eigenvalue weighted by atomic mass is 35.5. The number of hydrogen-bond acceptors (Lipinski definition) is 6. The first kappa shape index (κ1) is 29.8. The Hall–Kier alpha value is -3.80. The van der Waals surface area contributed by atoms with Crippen LogP contribution in [0.1, 0.15) is 54.8 Å². The average molecular weight is 567 g/mol. The number of Topliss-reactive ketones (excluding diaryl/α,β-unsaturated/α-hetero) is 1. The van der Waals surface area contributed by atoms with E-state index in [1.165, 1.54) is 6.92 Å². The normalized spacial score (nSPS) is 18.9. The summed E-state index contributed by atoms with van der Waals surface area (Å²) >= 11 is 5.90. The Labute approximate surface area is 226 Å². The number of aromatic nitrogens is 1. The van der Waals surface area contributed by atoms with Gasteiger partial charge in [0.15, 0.2) is 5.78 Å². The van der Waals surface area contributed by atoms with Gasteiger partial charge in [-0.15, -0.1) is 0 Å². The van der Waals surface area contributed by atoms with Crippen molar-refractivity contribution in [3.05, 3.63) is 64.4 Å². The van der Waals surface area contributed by atoms with Gasteiger partial charge < -0.3 is 10.6 Å². The fraction of sp³-hybridized carbons (Fsp3) is 0.385. The number of ketones is 1. The van der Waals surface area contributed by atoms with E-state index in [1.54, 1.807) is 44.2 Å². The largest absolute Gasteiger partial charge is 0.417 e. The second kappa shape index (κ2) is 11.9. The van der Waals surface area contributed by atoms with E-state index in [-0.39, 0.29) is 6.42 Å². The van der Waals surface area contributed by atoms with Gasteiger partial charge in [-0.2, -0.15) is 13.2 Å². The van der Waals surface area contributed by atoms with Crippen LogP contribution in [0.2, 0.25) is 5.02 Å². The molecule has 1 aromatic carbocycles. The maximum absolute atomic E-state index is 13.1. The Morgan fingerprint density at radius 2 is 1.72 bits per heavy atom. The van der Waals surface area contributed by atoms with Crippen LogP contribution >= 0.6 is 11.6 Å². The van der Waals surface area contributed by atoms with E-state index in [9.17, 15) is 37.1 Å². The van der Waals surface area contributed by atoms with Crippen LogP contribution in [0.4, 0.5) is 13.2 Å². The molecule has 0 spiro atoms. The maximum atomic E-state index is 13.1. The summed E-state index contributed by atoms with van der Waals surface area (Å²) in [4.78, 5) is 66.7. The number of carbonyl (C=O) groups excluding carboxylic acids is 5. The molecular formula is C26H26ClF3N4O5. The summed E-state index contributed by atoms with van der Waals surface area (Å²) in [7, 11) is 0. The molecule has 13 heteroatoms. The minimum absolute atomic E-state index is 0.365. The van der Waals surface area contributed by atoms with Gasteiger partial charge in [-0.3, -0.25) is 29.3 Å². The zero-order valence-electron chi connectivity index (χ0n) is 21.1. The van der Waals surface area contributed by atoms with Gasteiger partial charge in [0.1, 0.15) is 11.6 Å². The number of alkyl halides is 3. The first-order valence-corrected chi connectivity index (χ1v) is 12.3. The van der Waals surface area contributed by atoms with Crippen LogP contribution in [0.25, 0.3) is 0 Å². The number of pyridine rings is 1. The van der Waals surface area contributed by atoms with Crippen molar-refractivity contribution in [3.8, 4) is 0 Å². The third-order valence-corrected chi connectivity index (χ3v) is 6.61. The van der Waals surface area contributed by atoms with Crippen molar-refractivity contribution in [2.24, 2.45) is 17.8 Å². The lowest BCUT2D eigenvalue weighted by Crippen LogP contribution is -2.49. The lowest BCUT2D eigenvalue weighted by Gasteiger charge is -2.26. The minimum atomic E-state index is -4.70. The van der Waals surface area contributed by atoms with Gasteiger partial charge in [-0.1, -0.05) is 62.7 Å². The van der Waals surface area contributed by atoms with Crippen molar-refractivity contribution < 1.29 is 37.1 Å². The molecule has 2 heterocycles. The van der Waals surface area contributed by atoms with Crippen molar-refractivity contribution in [1.82, 2.24) is 20.9 Å². The summed E-state index contributed by atoms with van der Waals surface area (Å²) in [6.45, 7) is 4.78. The van der Waals surface area contributed by atoms with E-state index in [2.05, 4.69) is 20.9 Å². The SMILES string of the molecule is CC(C)[C@@H](NC(=O)C[C@H](NC(=O)c1ncc(C(F)(F)F)cc1Cl)c1ccccc1)C(=O)[C@@H]1C(=O)NC(=O)[C@H]1C. The van der Waals surface area contributed by atoms with Gasteiger partial charge in [-0.05, 0) is 17.5 Å². The maximum Gasteiger partial charge on any atom is 0.417 e. The van der Waals surface area contributed by atoms with Gasteiger partial charge in [0, 0.05) is 6.20 Å². The number of nitrogens with one attached hydrogen (secondary N) is 3. The second-order valence-electron chi connectivity index (χ2n) is 9.50. The minimum Gasteiger partial charge on any atom is -0.346 e. The van der Waals surface area contributed by atoms with Crippen LogP contribution in [0.5, 0.6) is 0 Å². The molecule has 208 valence electrons. The number of amides is 4. The number of benzene rings is 1. The molecule has 1 aliphatic rings. The molecule has 3 rings (SSSR count). The molecule has 2 aromatic rings. The van der Waals surface area contributed by atoms with Crippen molar-refractivity contribution >= 4 is 41.0 Å². The quantitative estimate of drug-likeness (QED) is 0.315. The van der Waals surface area contributed by atoms with E-state index in [1.807, 2.05) is 0 Å². The first-order chi connectivity index (χ1) is 18.2. The molecule has 4 amide bonds. The van der Waals surface area contributed by atoms with Crippen LogP contribution in [0.15, 0.2) is 42.6 Å². The monoisotopic (exact) mass is 566 g/mol. The molecular weight excluding hydrogens is 541 g/mol. The highest BCUT2D eigenvalue weighted by Crippen LogP contribution is 2.31. The standard InChI is InChI=1S/C26H26ClF3N4O5/c1-12(2)20(22(36)19-13(3)23(37)34-24(19)38)33-18(35)10-17(14-7-5-4-6-8-14)32-25(39)21-16(27)9-15(11-31-21)26(28,29)30/h4-9,11-13,17,19-20H,10H2,1-3H3,(H,32,39)(H,33,35)(H,34,37,38)/t13-,17-,19+,20+/m0/s1. The number of nitrogens with zero attached hydrogens (tertiary/aromatic N) is 1. The molecule has 0 unspecified atom stereocenters. The van der Waals surface area contributed by atoms with E-state index in [0.29, 0.717) is 17.8 Å². The van der Waals surface area contributed by atoms with E-state index in [0.717, 1.165) is 0 Å². The fourth-order valence-corrected chi connectivity index (χ4v) is 4.42. The average Bonchev–Trinajstić information content (AvgIpc) is 3.12. The lowest BCUT2D eigenvalue weighted by atomic mass is 9.85. The number of carbonyl (C=O) groups is 5. The number of imide groups is 1. The molecule has 1 aromatic heterocycles. The van der Waals surface area contributed by atoms with E-state index in [4.69, 9.17) is 11.6 Å². The molecule has 3 N–H and O–H groups in total. The molecule has 4 atom stereocenters. The van der Waals surface area contributed by atoms with Crippen LogP contribution in [0.3, 0.4) is 0 Å². The number of rotatable bonds is 9. The molecule has 1 aliphatic heterocycles. The van der Waals surface area contributed by atoms with Gasteiger partial charge >= 0.3 is 6.18 Å². The summed E-state index contributed by atoms with van der Waals surface area (Å²) in [5.74, 6) is -6.06. The predicted octanol–water partition coefficient (Wildman–Crippen LogP) is 3.23. The molecule has 9 nitrogen and oxygen atoms in total. The summed E-state index contributed by atoms with van der Waals surface area (Å²) in [6, 6.07) is 6.79. The summed E-state index contributed by atoms with van der Waals surface area (Å²) < 4.78 is 38.8. The highest BCUT2D eigenvalue weighted by Gasteiger charge is 2.46. The van der Waals surface area contributed by atoms with Crippen molar-refractivity contribution in [2.75, 3.05) is 0 Å². The van der Waals surface area contributed by atoms with E-state index < -0.39 is 81.7 Å². The van der Waals surface area contributed by atoms with Gasteiger partial charge in [0.25, 0.3) is 5.91 Å². The molecule has 1 saturated heterocycles. The molecule has 0 aliphatic carbocycles. The summed E-state index contributed by atoms with van der Waals surface area (Å²) in [6.07, 6.45) is -4.59. The topological polar surface area (TPSA) is 134 Å². The van der Waals surface area contributed by atoms with Crippen LogP contribution < -0.4 is 16.0 Å². The highest BCUT2D eigenvalue weighted by molar-refractivity contribution is 6.33. The Bertz CT molecular complexity index is 1290. The fourth-order valence-electron chi connectivity index (χ4n) is 4.17. The summed E-state index contributed by atoms with van der Waals surface area (Å²) in [5, 5.41) is 6.75. The Morgan fingerprint density at radius 1 is 1.08 bits per heavy atom. The Kier molecular flexibility index (Phi) is 9.10. The van der Waals surface area contributed by atoms with Crippen molar-refractivity contribution in [3.63, 3.8) is 0 Å². The van der Waals surface area contributed by atoms with Crippen molar-refractivity contribution in [2.45, 2.75) is 45.5 Å². The molecule has 1 fully saturated rings. The van der Waals surface area contributed by atoms with Crippen LogP contribution in [-0.2, 0) is 25.4 Å². The van der Waals surface area contributed by atoms with Crippen LogP contribution in [-0.4, -0.2) is 40.4 Å². The first-order valence-electron chi connectivity index (χ1n) is 12.0. The zero-order valence-corrected chi connectivity index (χ0v) is 21.9. The zero-order chi connectivity index (χ0) is 29.1. The smallest absolute Gasteiger partial charge is 0.346 e. The Morgan fingerprint density at radius 3 is 2.23 bits per heavy atom. The third kappa shape index (κ3) is 6.99. The van der Waals surface area contributed by atoms with Crippen LogP contribution in [0, 0.1) is 17.8 Å². The number of hydrogen-bond donors (Lipinski definition) is 3. The predicted molar refractivity (Wildman–Crippen MR) is 133 cm³/mol. The second-order valence-corrected chi connectivity index (χ2v) is 9.91. The summed E-state index contributed by atoms with van der Waals surface area (Å²) in [5.41, 5.74) is -1.10. The molecule has 39 heavy (non-hydrogen) atoms. The van der Waals surface area contributed by atoms with Gasteiger partial charge in [0.2, 0.25) is 17.7 Å². The van der Waals surface area contributed by atoms with E-state index >= 15 is 0 Å².